The highest BCUT2D eigenvalue weighted by atomic mass is 19.2. The van der Waals surface area contributed by atoms with E-state index in [1.165, 1.54) is 38.2 Å². The number of aryl methyl sites for hydroxylation is 1. The molecule has 37 heavy (non-hydrogen) atoms. The van der Waals surface area contributed by atoms with Crippen molar-refractivity contribution < 1.29 is 22.6 Å². The van der Waals surface area contributed by atoms with Gasteiger partial charge in [-0.15, -0.1) is 0 Å². The van der Waals surface area contributed by atoms with Crippen LogP contribution in [0, 0.1) is 23.4 Å². The minimum absolute atomic E-state index is 0.219. The molecule has 1 saturated heterocycles. The van der Waals surface area contributed by atoms with Gasteiger partial charge in [-0.05, 0) is 41.2 Å². The van der Waals surface area contributed by atoms with Crippen LogP contribution in [0.4, 0.5) is 13.2 Å². The third kappa shape index (κ3) is 6.82. The van der Waals surface area contributed by atoms with Crippen molar-refractivity contribution in [3.05, 3.63) is 83.2 Å². The molecular formula is C32H37F3O2. The second-order valence-electron chi connectivity index (χ2n) is 10.0. The van der Waals surface area contributed by atoms with Crippen LogP contribution in [0.1, 0.15) is 76.2 Å². The smallest absolute Gasteiger partial charge is 0.186 e. The van der Waals surface area contributed by atoms with E-state index in [0.29, 0.717) is 47.8 Å². The molecule has 1 heterocycles. The van der Waals surface area contributed by atoms with Crippen molar-refractivity contribution in [1.82, 2.24) is 0 Å². The van der Waals surface area contributed by atoms with Gasteiger partial charge in [-0.3, -0.25) is 0 Å². The van der Waals surface area contributed by atoms with Crippen LogP contribution in [0.25, 0.3) is 22.3 Å². The molecule has 0 spiro atoms. The van der Waals surface area contributed by atoms with Gasteiger partial charge in [0.2, 0.25) is 0 Å². The molecule has 198 valence electrons. The molecular weight excluding hydrogens is 473 g/mol. The topological polar surface area (TPSA) is 18.5 Å². The molecule has 3 aromatic rings. The summed E-state index contributed by atoms with van der Waals surface area (Å²) in [6.07, 6.45) is 7.84. The Kier molecular flexibility index (Phi) is 9.81. The summed E-state index contributed by atoms with van der Waals surface area (Å²) in [5.41, 5.74) is 3.05. The number of rotatable bonds is 11. The lowest BCUT2D eigenvalue weighted by atomic mass is 9.97. The first kappa shape index (κ1) is 27.4. The van der Waals surface area contributed by atoms with Crippen LogP contribution in [-0.4, -0.2) is 13.2 Å². The molecule has 0 saturated carbocycles. The molecule has 5 heteroatoms. The van der Waals surface area contributed by atoms with E-state index >= 15 is 4.39 Å². The maximum absolute atomic E-state index is 15.0. The summed E-state index contributed by atoms with van der Waals surface area (Å²) in [7, 11) is 0. The fourth-order valence-corrected chi connectivity index (χ4v) is 4.94. The molecule has 4 rings (SSSR count). The maximum atomic E-state index is 15.0. The average Bonchev–Trinajstić information content (AvgIpc) is 2.92. The van der Waals surface area contributed by atoms with Crippen LogP contribution in [0.5, 0.6) is 0 Å². The van der Waals surface area contributed by atoms with Crippen LogP contribution >= 0.6 is 0 Å². The first-order valence-corrected chi connectivity index (χ1v) is 13.6. The van der Waals surface area contributed by atoms with Gasteiger partial charge in [0.25, 0.3) is 0 Å². The number of benzene rings is 3. The van der Waals surface area contributed by atoms with Gasteiger partial charge < -0.3 is 9.47 Å². The molecule has 0 aliphatic carbocycles. The predicted octanol–water partition coefficient (Wildman–Crippen LogP) is 9.41. The summed E-state index contributed by atoms with van der Waals surface area (Å²) in [5.74, 6) is -1.64. The molecule has 0 unspecified atom stereocenters. The standard InChI is InChI=1S/C32H37F3O2/c1-3-5-6-7-8-10-22-20-36-32(37-21-22)28-18-16-26(19-29(28)33)23-11-13-24(14-12-23)27-17-15-25(9-4-2)30(34)31(27)35/h11-19,22,32H,3-10,20-21H2,1-2H3. The van der Waals surface area contributed by atoms with Gasteiger partial charge in [-0.25, -0.2) is 13.2 Å². The van der Waals surface area contributed by atoms with Crippen LogP contribution in [0.3, 0.4) is 0 Å². The van der Waals surface area contributed by atoms with Crippen molar-refractivity contribution in [1.29, 1.82) is 0 Å². The molecule has 0 amide bonds. The van der Waals surface area contributed by atoms with Gasteiger partial charge in [0, 0.05) is 17.0 Å². The van der Waals surface area contributed by atoms with E-state index < -0.39 is 17.9 Å². The molecule has 0 atom stereocenters. The number of unbranched alkanes of at least 4 members (excludes halogenated alkanes) is 4. The van der Waals surface area contributed by atoms with Gasteiger partial charge in [-0.2, -0.15) is 0 Å². The summed E-state index contributed by atoms with van der Waals surface area (Å²) in [5, 5.41) is 0. The first-order valence-electron chi connectivity index (χ1n) is 13.6. The van der Waals surface area contributed by atoms with E-state index in [0.717, 1.165) is 18.4 Å². The SMILES string of the molecule is CCCCCCCC1COC(c2ccc(-c3ccc(-c4ccc(CCC)c(F)c4F)cc3)cc2F)OC1. The predicted molar refractivity (Wildman–Crippen MR) is 143 cm³/mol. The third-order valence-corrected chi connectivity index (χ3v) is 7.15. The first-order chi connectivity index (χ1) is 18.0. The zero-order chi connectivity index (χ0) is 26.2. The molecule has 0 bridgehead atoms. The molecule has 3 aromatic carbocycles. The summed E-state index contributed by atoms with van der Waals surface area (Å²) in [6, 6.07) is 15.3. The van der Waals surface area contributed by atoms with Crippen molar-refractivity contribution in [3.63, 3.8) is 0 Å². The molecule has 1 fully saturated rings. The highest BCUT2D eigenvalue weighted by molar-refractivity contribution is 5.71. The Balaban J connectivity index is 1.38. The Hall–Kier alpha value is -2.63. The van der Waals surface area contributed by atoms with Crippen LogP contribution in [-0.2, 0) is 15.9 Å². The van der Waals surface area contributed by atoms with E-state index in [-0.39, 0.29) is 11.4 Å². The normalized spacial score (nSPS) is 17.8. The van der Waals surface area contributed by atoms with E-state index in [4.69, 9.17) is 9.47 Å². The number of hydrogen-bond donors (Lipinski definition) is 0. The monoisotopic (exact) mass is 510 g/mol. The Morgan fingerprint density at radius 2 is 1.38 bits per heavy atom. The molecule has 1 aliphatic heterocycles. The quantitative estimate of drug-likeness (QED) is 0.239. The van der Waals surface area contributed by atoms with Crippen LogP contribution in [0.15, 0.2) is 54.6 Å². The number of halogens is 3. The van der Waals surface area contributed by atoms with Gasteiger partial charge >= 0.3 is 0 Å². The molecule has 1 aliphatic rings. The lowest BCUT2D eigenvalue weighted by Gasteiger charge is -2.30. The van der Waals surface area contributed by atoms with Crippen LogP contribution in [0.2, 0.25) is 0 Å². The lowest BCUT2D eigenvalue weighted by molar-refractivity contribution is -0.207. The second kappa shape index (κ2) is 13.3. The minimum Gasteiger partial charge on any atom is -0.348 e. The Bertz CT molecular complexity index is 1150. The van der Waals surface area contributed by atoms with Crippen molar-refractivity contribution in [2.45, 2.75) is 71.5 Å². The zero-order valence-corrected chi connectivity index (χ0v) is 21.9. The summed E-state index contributed by atoms with van der Waals surface area (Å²) >= 11 is 0. The third-order valence-electron chi connectivity index (χ3n) is 7.15. The summed E-state index contributed by atoms with van der Waals surface area (Å²) < 4.78 is 55.8. The van der Waals surface area contributed by atoms with Crippen LogP contribution < -0.4 is 0 Å². The number of hydrogen-bond acceptors (Lipinski definition) is 2. The van der Waals surface area contributed by atoms with Crippen molar-refractivity contribution >= 4 is 0 Å². The maximum Gasteiger partial charge on any atom is 0.186 e. The summed E-state index contributed by atoms with van der Waals surface area (Å²) in [6.45, 7) is 5.31. The van der Waals surface area contributed by atoms with E-state index in [1.807, 2.05) is 13.0 Å². The summed E-state index contributed by atoms with van der Waals surface area (Å²) in [4.78, 5) is 0. The Labute approximate surface area is 218 Å². The van der Waals surface area contributed by atoms with Crippen molar-refractivity contribution in [2.24, 2.45) is 5.92 Å². The van der Waals surface area contributed by atoms with Gasteiger partial charge in [0.1, 0.15) is 5.82 Å². The van der Waals surface area contributed by atoms with Crippen molar-refractivity contribution in [2.75, 3.05) is 13.2 Å². The lowest BCUT2D eigenvalue weighted by Crippen LogP contribution is -2.27. The highest BCUT2D eigenvalue weighted by Crippen LogP contribution is 2.33. The van der Waals surface area contributed by atoms with Gasteiger partial charge in [-0.1, -0.05) is 101 Å². The minimum atomic E-state index is -0.833. The fraction of sp³-hybridized carbons (Fsp3) is 0.438. The average molecular weight is 511 g/mol. The van der Waals surface area contributed by atoms with E-state index in [2.05, 4.69) is 6.92 Å². The highest BCUT2D eigenvalue weighted by Gasteiger charge is 2.25. The molecule has 0 N–H and O–H groups in total. The van der Waals surface area contributed by atoms with Crippen molar-refractivity contribution in [3.8, 4) is 22.3 Å². The Morgan fingerprint density at radius 1 is 0.703 bits per heavy atom. The zero-order valence-electron chi connectivity index (χ0n) is 21.9. The molecule has 0 aromatic heterocycles. The Morgan fingerprint density at radius 3 is 2.05 bits per heavy atom. The van der Waals surface area contributed by atoms with Gasteiger partial charge in [0.15, 0.2) is 17.9 Å². The number of ether oxygens (including phenoxy) is 2. The van der Waals surface area contributed by atoms with Gasteiger partial charge in [0.05, 0.1) is 13.2 Å². The fourth-order valence-electron chi connectivity index (χ4n) is 4.94. The van der Waals surface area contributed by atoms with E-state index in [1.54, 1.807) is 42.5 Å². The largest absolute Gasteiger partial charge is 0.348 e. The second-order valence-corrected chi connectivity index (χ2v) is 10.0. The molecule has 2 nitrogen and oxygen atoms in total. The van der Waals surface area contributed by atoms with E-state index in [9.17, 15) is 8.78 Å². The molecule has 0 radical (unpaired) electrons.